The molecule has 0 saturated carbocycles. The van der Waals surface area contributed by atoms with Gasteiger partial charge in [0.2, 0.25) is 0 Å². The van der Waals surface area contributed by atoms with E-state index in [1.165, 1.54) is 0 Å². The standard InChI is InChI=1S/C18H26N6O/c1-22(2)11-12-23-10-8-21-17(23)14-5-4-9-24(13-14)18-15(16(19)25)6-3-7-20-18/h3,6-8,10,14H,4-5,9,11-13H2,1-2H3,(H2,19,25)/t14-/m0/s1. The fourth-order valence-electron chi connectivity index (χ4n) is 3.40. The Labute approximate surface area is 148 Å². The van der Waals surface area contributed by atoms with Gasteiger partial charge in [-0.05, 0) is 39.1 Å². The van der Waals surface area contributed by atoms with Crippen molar-refractivity contribution < 1.29 is 4.79 Å². The second kappa shape index (κ2) is 7.65. The number of carbonyl (C=O) groups is 1. The Balaban J connectivity index is 1.79. The number of nitrogens with zero attached hydrogens (tertiary/aromatic N) is 5. The number of primary amides is 1. The van der Waals surface area contributed by atoms with Crippen LogP contribution in [0, 0.1) is 0 Å². The third-order valence-electron chi connectivity index (χ3n) is 4.67. The molecule has 0 spiro atoms. The highest BCUT2D eigenvalue weighted by molar-refractivity contribution is 5.97. The van der Waals surface area contributed by atoms with Gasteiger partial charge in [0.05, 0.1) is 5.56 Å². The van der Waals surface area contributed by atoms with E-state index >= 15 is 0 Å². The van der Waals surface area contributed by atoms with Crippen molar-refractivity contribution in [1.29, 1.82) is 0 Å². The summed E-state index contributed by atoms with van der Waals surface area (Å²) in [5, 5.41) is 0. The van der Waals surface area contributed by atoms with E-state index in [1.807, 2.05) is 12.4 Å². The minimum absolute atomic E-state index is 0.327. The van der Waals surface area contributed by atoms with Gasteiger partial charge in [0.1, 0.15) is 11.6 Å². The van der Waals surface area contributed by atoms with Crippen molar-refractivity contribution in [1.82, 2.24) is 19.4 Å². The molecule has 2 N–H and O–H groups in total. The first-order valence-corrected chi connectivity index (χ1v) is 8.72. The van der Waals surface area contributed by atoms with Gasteiger partial charge < -0.3 is 20.1 Å². The number of anilines is 1. The third kappa shape index (κ3) is 3.99. The smallest absolute Gasteiger partial charge is 0.252 e. The molecule has 0 unspecified atom stereocenters. The van der Waals surface area contributed by atoms with Gasteiger partial charge in [-0.1, -0.05) is 0 Å². The second-order valence-electron chi connectivity index (χ2n) is 6.81. The minimum atomic E-state index is -0.433. The maximum absolute atomic E-state index is 11.7. The normalized spacial score (nSPS) is 17.9. The van der Waals surface area contributed by atoms with Crippen molar-refractivity contribution >= 4 is 11.7 Å². The van der Waals surface area contributed by atoms with Crippen LogP contribution in [0.4, 0.5) is 5.82 Å². The van der Waals surface area contributed by atoms with Gasteiger partial charge in [0.15, 0.2) is 0 Å². The van der Waals surface area contributed by atoms with Crippen LogP contribution < -0.4 is 10.6 Å². The number of pyridine rings is 1. The van der Waals surface area contributed by atoms with Crippen LogP contribution in [0.25, 0.3) is 0 Å². The quantitative estimate of drug-likeness (QED) is 0.856. The van der Waals surface area contributed by atoms with E-state index in [-0.39, 0.29) is 0 Å². The van der Waals surface area contributed by atoms with Crippen LogP contribution >= 0.6 is 0 Å². The first-order chi connectivity index (χ1) is 12.1. The first kappa shape index (κ1) is 17.4. The number of hydrogen-bond donors (Lipinski definition) is 1. The minimum Gasteiger partial charge on any atom is -0.365 e. The number of aromatic nitrogens is 3. The van der Waals surface area contributed by atoms with Crippen LogP contribution in [0.15, 0.2) is 30.7 Å². The van der Waals surface area contributed by atoms with Gasteiger partial charge in [-0.3, -0.25) is 4.79 Å². The van der Waals surface area contributed by atoms with Crippen LogP contribution in [0.2, 0.25) is 0 Å². The number of piperidine rings is 1. The maximum atomic E-state index is 11.7. The molecule has 1 amide bonds. The molecule has 3 heterocycles. The molecule has 0 radical (unpaired) electrons. The Bertz CT molecular complexity index is 726. The summed E-state index contributed by atoms with van der Waals surface area (Å²) in [6.45, 7) is 3.59. The topological polar surface area (TPSA) is 80.3 Å². The van der Waals surface area contributed by atoms with Crippen molar-refractivity contribution in [3.63, 3.8) is 0 Å². The van der Waals surface area contributed by atoms with Crippen LogP contribution in [0.1, 0.15) is 34.9 Å². The zero-order valence-electron chi connectivity index (χ0n) is 14.9. The average Bonchev–Trinajstić information content (AvgIpc) is 3.08. The largest absolute Gasteiger partial charge is 0.365 e. The predicted octanol–water partition coefficient (Wildman–Crippen LogP) is 1.32. The molecule has 1 aliphatic rings. The summed E-state index contributed by atoms with van der Waals surface area (Å²) in [4.78, 5) is 25.1. The SMILES string of the molecule is CN(C)CCn1ccnc1[C@H]1CCCN(c2ncccc2C(N)=O)C1. The van der Waals surface area contributed by atoms with Gasteiger partial charge in [-0.15, -0.1) is 0 Å². The Morgan fingerprint density at radius 1 is 1.36 bits per heavy atom. The van der Waals surface area contributed by atoms with E-state index in [4.69, 9.17) is 5.73 Å². The van der Waals surface area contributed by atoms with Crippen molar-refractivity contribution in [3.8, 4) is 0 Å². The number of rotatable bonds is 6. The van der Waals surface area contributed by atoms with Crippen molar-refractivity contribution in [2.24, 2.45) is 5.73 Å². The Morgan fingerprint density at radius 3 is 2.96 bits per heavy atom. The number of imidazole rings is 1. The molecule has 7 nitrogen and oxygen atoms in total. The molecule has 1 atom stereocenters. The molecule has 0 aromatic carbocycles. The zero-order chi connectivity index (χ0) is 17.8. The van der Waals surface area contributed by atoms with Crippen LogP contribution in [0.5, 0.6) is 0 Å². The summed E-state index contributed by atoms with van der Waals surface area (Å²) < 4.78 is 2.24. The number of hydrogen-bond acceptors (Lipinski definition) is 5. The summed E-state index contributed by atoms with van der Waals surface area (Å²) in [5.74, 6) is 1.69. The highest BCUT2D eigenvalue weighted by Crippen LogP contribution is 2.29. The van der Waals surface area contributed by atoms with Crippen molar-refractivity contribution in [3.05, 3.63) is 42.1 Å². The number of amides is 1. The van der Waals surface area contributed by atoms with Gasteiger partial charge in [0.25, 0.3) is 5.91 Å². The highest BCUT2D eigenvalue weighted by Gasteiger charge is 2.27. The summed E-state index contributed by atoms with van der Waals surface area (Å²) >= 11 is 0. The van der Waals surface area contributed by atoms with E-state index in [1.54, 1.807) is 18.3 Å². The van der Waals surface area contributed by atoms with Gasteiger partial charge in [0, 0.05) is 50.7 Å². The van der Waals surface area contributed by atoms with E-state index in [9.17, 15) is 4.79 Å². The lowest BCUT2D eigenvalue weighted by molar-refractivity contribution is 0.100. The Kier molecular flexibility index (Phi) is 5.33. The van der Waals surface area contributed by atoms with Gasteiger partial charge >= 0.3 is 0 Å². The molecule has 134 valence electrons. The van der Waals surface area contributed by atoms with Crippen LogP contribution in [-0.4, -0.2) is 59.1 Å². The summed E-state index contributed by atoms with van der Waals surface area (Å²) in [6.07, 6.45) is 7.77. The van der Waals surface area contributed by atoms with Crippen molar-refractivity contribution in [2.75, 3.05) is 38.6 Å². The van der Waals surface area contributed by atoms with Crippen molar-refractivity contribution in [2.45, 2.75) is 25.3 Å². The molecule has 2 aromatic heterocycles. The average molecular weight is 342 g/mol. The third-order valence-corrected chi connectivity index (χ3v) is 4.67. The monoisotopic (exact) mass is 342 g/mol. The van der Waals surface area contributed by atoms with Crippen LogP contribution in [0.3, 0.4) is 0 Å². The molecule has 3 rings (SSSR count). The van der Waals surface area contributed by atoms with E-state index < -0.39 is 5.91 Å². The number of likely N-dealkylation sites (N-methyl/N-ethyl adjacent to an activating group) is 1. The lowest BCUT2D eigenvalue weighted by Gasteiger charge is -2.34. The maximum Gasteiger partial charge on any atom is 0.252 e. The molecular weight excluding hydrogens is 316 g/mol. The molecule has 1 saturated heterocycles. The molecule has 7 heteroatoms. The van der Waals surface area contributed by atoms with E-state index in [0.29, 0.717) is 17.3 Å². The second-order valence-corrected chi connectivity index (χ2v) is 6.81. The molecule has 0 aliphatic carbocycles. The van der Waals surface area contributed by atoms with E-state index in [0.717, 1.165) is 44.8 Å². The summed E-state index contributed by atoms with van der Waals surface area (Å²) in [5.41, 5.74) is 6.00. The summed E-state index contributed by atoms with van der Waals surface area (Å²) in [7, 11) is 4.15. The predicted molar refractivity (Wildman–Crippen MR) is 97.7 cm³/mol. The first-order valence-electron chi connectivity index (χ1n) is 8.72. The van der Waals surface area contributed by atoms with Gasteiger partial charge in [-0.2, -0.15) is 0 Å². The highest BCUT2D eigenvalue weighted by atomic mass is 16.1. The molecular formula is C18H26N6O. The lowest BCUT2D eigenvalue weighted by atomic mass is 9.96. The number of carbonyl (C=O) groups excluding carboxylic acids is 1. The Hall–Kier alpha value is -2.41. The molecule has 1 aliphatic heterocycles. The zero-order valence-corrected chi connectivity index (χ0v) is 14.9. The fourth-order valence-corrected chi connectivity index (χ4v) is 3.40. The van der Waals surface area contributed by atoms with Gasteiger partial charge in [-0.25, -0.2) is 9.97 Å². The fraction of sp³-hybridized carbons (Fsp3) is 0.500. The lowest BCUT2D eigenvalue weighted by Crippen LogP contribution is -2.37. The number of nitrogens with two attached hydrogens (primary N) is 1. The van der Waals surface area contributed by atoms with Crippen LogP contribution in [-0.2, 0) is 6.54 Å². The van der Waals surface area contributed by atoms with E-state index in [2.05, 4.69) is 38.4 Å². The molecule has 25 heavy (non-hydrogen) atoms. The molecule has 1 fully saturated rings. The molecule has 0 bridgehead atoms. The Morgan fingerprint density at radius 2 is 2.20 bits per heavy atom. The summed E-state index contributed by atoms with van der Waals surface area (Å²) in [6, 6.07) is 3.49. The molecule has 2 aromatic rings.